The summed E-state index contributed by atoms with van der Waals surface area (Å²) in [5.74, 6) is 0.308. The van der Waals surface area contributed by atoms with E-state index in [2.05, 4.69) is 10.4 Å². The Morgan fingerprint density at radius 2 is 2.35 bits per heavy atom. The van der Waals surface area contributed by atoms with Gasteiger partial charge in [0.15, 0.2) is 0 Å². The van der Waals surface area contributed by atoms with Gasteiger partial charge in [-0.25, -0.2) is 0 Å². The minimum atomic E-state index is -0.435. The van der Waals surface area contributed by atoms with Crippen LogP contribution < -0.4 is 5.32 Å². The highest BCUT2D eigenvalue weighted by Gasteiger charge is 2.18. The molecule has 0 atom stereocenters. The van der Waals surface area contributed by atoms with Crippen molar-refractivity contribution in [3.05, 3.63) is 38.2 Å². The largest absolute Gasteiger partial charge is 0.359 e. The van der Waals surface area contributed by atoms with Gasteiger partial charge in [-0.05, 0) is 28.8 Å². The third kappa shape index (κ3) is 2.44. The van der Waals surface area contributed by atoms with Crippen molar-refractivity contribution < 1.29 is 4.92 Å². The Morgan fingerprint density at radius 1 is 1.59 bits per heavy atom. The van der Waals surface area contributed by atoms with E-state index in [1.807, 2.05) is 17.7 Å². The number of hydrogen-bond donors (Lipinski definition) is 1. The number of hydrogen-bond acceptors (Lipinski definition) is 5. The van der Waals surface area contributed by atoms with Gasteiger partial charge in [0.2, 0.25) is 5.82 Å². The van der Waals surface area contributed by atoms with E-state index in [0.29, 0.717) is 12.4 Å². The molecule has 0 saturated carbocycles. The number of thiophene rings is 1. The van der Waals surface area contributed by atoms with Gasteiger partial charge in [0.25, 0.3) is 0 Å². The lowest BCUT2D eigenvalue weighted by molar-refractivity contribution is -0.384. The molecule has 0 spiro atoms. The molecule has 0 aromatic carbocycles. The van der Waals surface area contributed by atoms with Crippen LogP contribution in [0.15, 0.2) is 17.0 Å². The molecule has 17 heavy (non-hydrogen) atoms. The highest BCUT2D eigenvalue weighted by molar-refractivity contribution is 7.08. The van der Waals surface area contributed by atoms with Crippen molar-refractivity contribution in [2.75, 3.05) is 5.32 Å². The van der Waals surface area contributed by atoms with Gasteiger partial charge in [-0.1, -0.05) is 0 Å². The highest BCUT2D eigenvalue weighted by Crippen LogP contribution is 2.23. The zero-order chi connectivity index (χ0) is 12.4. The summed E-state index contributed by atoms with van der Waals surface area (Å²) in [6, 6.07) is 0. The first-order valence-electron chi connectivity index (χ1n) is 5.01. The number of nitro groups is 1. The first-order valence-corrected chi connectivity index (χ1v) is 5.96. The molecule has 0 aliphatic carbocycles. The Morgan fingerprint density at radius 3 is 2.94 bits per heavy atom. The van der Waals surface area contributed by atoms with Crippen molar-refractivity contribution in [1.82, 2.24) is 9.78 Å². The molecule has 0 radical (unpaired) electrons. The average Bonchev–Trinajstić information content (AvgIpc) is 2.82. The third-order valence-electron chi connectivity index (χ3n) is 2.41. The molecule has 2 aromatic heterocycles. The summed E-state index contributed by atoms with van der Waals surface area (Å²) in [6.45, 7) is 2.56. The lowest BCUT2D eigenvalue weighted by Crippen LogP contribution is -2.02. The molecule has 0 aliphatic heterocycles. The molecule has 90 valence electrons. The monoisotopic (exact) mass is 252 g/mol. The van der Waals surface area contributed by atoms with Crippen molar-refractivity contribution in [3.63, 3.8) is 0 Å². The first kappa shape index (κ1) is 11.6. The maximum absolute atomic E-state index is 10.8. The molecule has 2 aromatic rings. The van der Waals surface area contributed by atoms with E-state index in [0.717, 1.165) is 5.56 Å². The predicted octanol–water partition coefficient (Wildman–Crippen LogP) is 2.31. The van der Waals surface area contributed by atoms with Gasteiger partial charge in [0, 0.05) is 13.6 Å². The van der Waals surface area contributed by atoms with E-state index in [9.17, 15) is 10.1 Å². The smallest absolute Gasteiger partial charge is 0.330 e. The van der Waals surface area contributed by atoms with Gasteiger partial charge in [0.05, 0.1) is 4.92 Å². The van der Waals surface area contributed by atoms with Gasteiger partial charge < -0.3 is 5.32 Å². The van der Waals surface area contributed by atoms with Crippen molar-refractivity contribution in [1.29, 1.82) is 0 Å². The van der Waals surface area contributed by atoms with E-state index in [-0.39, 0.29) is 5.69 Å². The molecular formula is C10H12N4O2S. The standard InChI is InChI=1S/C10H12N4O2S/c1-7-5-17-6-8(7)3-11-10-9(14(15)16)4-13(2)12-10/h4-6H,3H2,1-2H3,(H,11,12). The van der Waals surface area contributed by atoms with Crippen LogP contribution in [0.5, 0.6) is 0 Å². The fourth-order valence-electron chi connectivity index (χ4n) is 1.48. The Balaban J connectivity index is 2.14. The van der Waals surface area contributed by atoms with E-state index in [1.165, 1.54) is 16.4 Å². The lowest BCUT2D eigenvalue weighted by atomic mass is 10.2. The number of nitrogens with one attached hydrogen (secondary N) is 1. The Hall–Kier alpha value is -1.89. The molecule has 0 fully saturated rings. The molecule has 0 aliphatic rings. The second kappa shape index (κ2) is 4.54. The number of aryl methyl sites for hydroxylation is 2. The number of nitrogens with zero attached hydrogens (tertiary/aromatic N) is 3. The predicted molar refractivity (Wildman–Crippen MR) is 66.2 cm³/mol. The molecule has 0 amide bonds. The van der Waals surface area contributed by atoms with Crippen LogP contribution in [0, 0.1) is 17.0 Å². The highest BCUT2D eigenvalue weighted by atomic mass is 32.1. The Labute approximate surface area is 102 Å². The number of anilines is 1. The quantitative estimate of drug-likeness (QED) is 0.669. The molecular weight excluding hydrogens is 240 g/mol. The van der Waals surface area contributed by atoms with Crippen LogP contribution >= 0.6 is 11.3 Å². The molecule has 0 unspecified atom stereocenters. The molecule has 0 saturated heterocycles. The Bertz CT molecular complexity index is 546. The second-order valence-electron chi connectivity index (χ2n) is 3.73. The lowest BCUT2D eigenvalue weighted by Gasteiger charge is -2.01. The van der Waals surface area contributed by atoms with Crippen molar-refractivity contribution >= 4 is 22.8 Å². The van der Waals surface area contributed by atoms with Crippen molar-refractivity contribution in [2.24, 2.45) is 7.05 Å². The number of aromatic nitrogens is 2. The van der Waals surface area contributed by atoms with Crippen LogP contribution in [-0.4, -0.2) is 14.7 Å². The van der Waals surface area contributed by atoms with Gasteiger partial charge in [-0.15, -0.1) is 5.10 Å². The van der Waals surface area contributed by atoms with Gasteiger partial charge in [-0.2, -0.15) is 11.3 Å². The maximum atomic E-state index is 10.8. The van der Waals surface area contributed by atoms with Gasteiger partial charge >= 0.3 is 5.69 Å². The first-order chi connectivity index (χ1) is 8.08. The molecule has 2 heterocycles. The van der Waals surface area contributed by atoms with Crippen molar-refractivity contribution in [3.8, 4) is 0 Å². The zero-order valence-electron chi connectivity index (χ0n) is 9.51. The minimum Gasteiger partial charge on any atom is -0.359 e. The van der Waals surface area contributed by atoms with Crippen LogP contribution in [0.25, 0.3) is 0 Å². The molecule has 6 nitrogen and oxygen atoms in total. The molecule has 7 heteroatoms. The normalized spacial score (nSPS) is 10.5. The van der Waals surface area contributed by atoms with Crippen LogP contribution in [0.4, 0.5) is 11.5 Å². The molecule has 0 bridgehead atoms. The minimum absolute atomic E-state index is 0.000354. The topological polar surface area (TPSA) is 73.0 Å². The number of rotatable bonds is 4. The van der Waals surface area contributed by atoms with Gasteiger partial charge in [-0.3, -0.25) is 14.8 Å². The van der Waals surface area contributed by atoms with Crippen LogP contribution in [-0.2, 0) is 13.6 Å². The molecule has 2 rings (SSSR count). The van der Waals surface area contributed by atoms with E-state index >= 15 is 0 Å². The Kier molecular flexibility index (Phi) is 3.10. The van der Waals surface area contributed by atoms with E-state index in [1.54, 1.807) is 18.4 Å². The van der Waals surface area contributed by atoms with Crippen LogP contribution in [0.2, 0.25) is 0 Å². The third-order valence-corrected chi connectivity index (χ3v) is 3.32. The summed E-state index contributed by atoms with van der Waals surface area (Å²) >= 11 is 1.62. The van der Waals surface area contributed by atoms with E-state index < -0.39 is 4.92 Å². The van der Waals surface area contributed by atoms with Crippen LogP contribution in [0.3, 0.4) is 0 Å². The fraction of sp³-hybridized carbons (Fsp3) is 0.300. The van der Waals surface area contributed by atoms with Crippen molar-refractivity contribution in [2.45, 2.75) is 13.5 Å². The summed E-state index contributed by atoms with van der Waals surface area (Å²) in [4.78, 5) is 10.3. The maximum Gasteiger partial charge on any atom is 0.330 e. The average molecular weight is 252 g/mol. The van der Waals surface area contributed by atoms with Crippen LogP contribution in [0.1, 0.15) is 11.1 Å². The summed E-state index contributed by atoms with van der Waals surface area (Å²) in [6.07, 6.45) is 1.39. The van der Waals surface area contributed by atoms with Gasteiger partial charge in [0.1, 0.15) is 6.20 Å². The summed E-state index contributed by atoms with van der Waals surface area (Å²) in [7, 11) is 1.66. The summed E-state index contributed by atoms with van der Waals surface area (Å²) < 4.78 is 1.43. The van der Waals surface area contributed by atoms with E-state index in [4.69, 9.17) is 0 Å². The summed E-state index contributed by atoms with van der Waals surface area (Å²) in [5, 5.41) is 21.9. The SMILES string of the molecule is Cc1cscc1CNc1nn(C)cc1[N+](=O)[O-]. The fourth-order valence-corrected chi connectivity index (χ4v) is 2.34. The summed E-state index contributed by atoms with van der Waals surface area (Å²) in [5.41, 5.74) is 2.32. The second-order valence-corrected chi connectivity index (χ2v) is 4.47. The zero-order valence-corrected chi connectivity index (χ0v) is 10.3. The molecule has 1 N–H and O–H groups in total.